The summed E-state index contributed by atoms with van der Waals surface area (Å²) in [5.74, 6) is 0. The lowest BCUT2D eigenvalue weighted by atomic mass is 10.3. The molecule has 0 atom stereocenters. The Morgan fingerprint density at radius 2 is 1.17 bits per heavy atom. The van der Waals surface area contributed by atoms with Crippen LogP contribution < -0.4 is 9.13 Å². The number of fused-ring (bicyclic) bond motifs is 4. The van der Waals surface area contributed by atoms with E-state index in [0.717, 1.165) is 26.2 Å². The lowest BCUT2D eigenvalue weighted by molar-refractivity contribution is -0.698. The van der Waals surface area contributed by atoms with E-state index < -0.39 is 0 Å². The van der Waals surface area contributed by atoms with E-state index in [1.165, 1.54) is 25.7 Å². The molecule has 0 aromatic carbocycles. The van der Waals surface area contributed by atoms with Crippen molar-refractivity contribution in [2.75, 3.05) is 0 Å². The second-order valence-electron chi connectivity index (χ2n) is 5.19. The van der Waals surface area contributed by atoms with E-state index in [-0.39, 0.29) is 0 Å². The summed E-state index contributed by atoms with van der Waals surface area (Å²) in [6, 6.07) is 0. The van der Waals surface area contributed by atoms with E-state index >= 15 is 0 Å². The molecule has 2 aromatic heterocycles. The van der Waals surface area contributed by atoms with Gasteiger partial charge in [0.25, 0.3) is 0 Å². The molecule has 0 spiro atoms. The van der Waals surface area contributed by atoms with Crippen molar-refractivity contribution in [2.24, 2.45) is 0 Å². The van der Waals surface area contributed by atoms with Gasteiger partial charge < -0.3 is 0 Å². The quantitative estimate of drug-likeness (QED) is 0.620. The predicted octanol–water partition coefficient (Wildman–Crippen LogP) is 1.14. The van der Waals surface area contributed by atoms with Gasteiger partial charge in [0.15, 0.2) is 0 Å². The van der Waals surface area contributed by atoms with Crippen molar-refractivity contribution in [3.05, 3.63) is 37.4 Å². The number of imidazole rings is 2. The molecule has 4 bridgehead atoms. The molecule has 4 nitrogen and oxygen atoms in total. The van der Waals surface area contributed by atoms with E-state index in [4.69, 9.17) is 0 Å². The van der Waals surface area contributed by atoms with Crippen molar-refractivity contribution in [3.8, 4) is 0 Å². The maximum absolute atomic E-state index is 2.31. The van der Waals surface area contributed by atoms with Crippen LogP contribution in [-0.2, 0) is 26.2 Å². The minimum Gasteiger partial charge on any atom is -0.237 e. The second kappa shape index (κ2) is 5.38. The Bertz CT molecular complexity index is 410. The van der Waals surface area contributed by atoms with Crippen LogP contribution in [0, 0.1) is 0 Å². The smallest absolute Gasteiger partial charge is 0.237 e. The first-order valence-corrected chi connectivity index (χ1v) is 7.00. The summed E-state index contributed by atoms with van der Waals surface area (Å²) in [5.41, 5.74) is 0. The number of rotatable bonds is 0. The normalized spacial score (nSPS) is 17.3. The van der Waals surface area contributed by atoms with Gasteiger partial charge in [0.2, 0.25) is 12.7 Å². The predicted molar refractivity (Wildman–Crippen MR) is 67.7 cm³/mol. The maximum atomic E-state index is 2.31. The molecule has 18 heavy (non-hydrogen) atoms. The van der Waals surface area contributed by atoms with Crippen molar-refractivity contribution < 1.29 is 9.13 Å². The highest BCUT2D eigenvalue weighted by Gasteiger charge is 2.07. The summed E-state index contributed by atoms with van der Waals surface area (Å²) >= 11 is 0. The standard InChI is InChI=1S/C14H22N4/c1-2-6-16-11-12-18(14-16)8-4-3-7-17-10-9-15(5-1)13-17/h9-14H,1-8H2/q+2. The van der Waals surface area contributed by atoms with Gasteiger partial charge in [-0.05, 0) is 25.7 Å². The molecule has 0 saturated carbocycles. The third-order valence-corrected chi connectivity index (χ3v) is 3.66. The van der Waals surface area contributed by atoms with E-state index in [1.807, 2.05) is 0 Å². The van der Waals surface area contributed by atoms with Crippen molar-refractivity contribution in [1.82, 2.24) is 9.13 Å². The van der Waals surface area contributed by atoms with Gasteiger partial charge in [0, 0.05) is 0 Å². The molecule has 0 N–H and O–H groups in total. The zero-order valence-electron chi connectivity index (χ0n) is 10.9. The molecule has 96 valence electrons. The molecule has 0 unspecified atom stereocenters. The Hall–Kier alpha value is -1.58. The minimum atomic E-state index is 1.13. The summed E-state index contributed by atoms with van der Waals surface area (Å²) in [6.45, 7) is 4.53. The van der Waals surface area contributed by atoms with Gasteiger partial charge >= 0.3 is 0 Å². The Labute approximate surface area is 108 Å². The summed E-state index contributed by atoms with van der Waals surface area (Å²) in [6.07, 6.45) is 18.2. The van der Waals surface area contributed by atoms with Gasteiger partial charge in [-0.2, -0.15) is 0 Å². The lowest BCUT2D eigenvalue weighted by Crippen LogP contribution is -2.32. The summed E-state index contributed by atoms with van der Waals surface area (Å²) in [5, 5.41) is 0. The van der Waals surface area contributed by atoms with Crippen LogP contribution >= 0.6 is 0 Å². The van der Waals surface area contributed by atoms with Gasteiger partial charge in [-0.3, -0.25) is 0 Å². The van der Waals surface area contributed by atoms with Gasteiger partial charge in [-0.25, -0.2) is 18.3 Å². The highest BCUT2D eigenvalue weighted by atomic mass is 15.1. The highest BCUT2D eigenvalue weighted by molar-refractivity contribution is 4.68. The van der Waals surface area contributed by atoms with Gasteiger partial charge in [0.1, 0.15) is 24.8 Å². The van der Waals surface area contributed by atoms with E-state index in [0.29, 0.717) is 0 Å². The average molecular weight is 246 g/mol. The monoisotopic (exact) mass is 246 g/mol. The molecule has 1 aliphatic heterocycles. The molecule has 4 heteroatoms. The first kappa shape index (κ1) is 11.5. The Balaban J connectivity index is 1.68. The summed E-state index contributed by atoms with van der Waals surface area (Å²) in [7, 11) is 0. The van der Waals surface area contributed by atoms with E-state index in [9.17, 15) is 0 Å². The fourth-order valence-electron chi connectivity index (χ4n) is 2.58. The zero-order chi connectivity index (χ0) is 12.2. The number of hydrogen-bond acceptors (Lipinski definition) is 0. The van der Waals surface area contributed by atoms with E-state index in [1.54, 1.807) is 0 Å². The first-order valence-electron chi connectivity index (χ1n) is 7.00. The van der Waals surface area contributed by atoms with Crippen LogP contribution in [0.3, 0.4) is 0 Å². The van der Waals surface area contributed by atoms with Gasteiger partial charge in [-0.15, -0.1) is 0 Å². The van der Waals surface area contributed by atoms with Gasteiger partial charge in [0.05, 0.1) is 26.2 Å². The lowest BCUT2D eigenvalue weighted by Gasteiger charge is -1.99. The number of aromatic nitrogens is 4. The van der Waals surface area contributed by atoms with E-state index in [2.05, 4.69) is 55.7 Å². The molecule has 2 aromatic rings. The SMILES string of the molecule is c1c[n+]2cn1CCCC[n+]1ccn(c1)CCCC2. The minimum absolute atomic E-state index is 1.13. The third kappa shape index (κ3) is 2.81. The van der Waals surface area contributed by atoms with Crippen LogP contribution in [0.1, 0.15) is 25.7 Å². The zero-order valence-corrected chi connectivity index (χ0v) is 10.9. The Morgan fingerprint density at radius 3 is 1.67 bits per heavy atom. The van der Waals surface area contributed by atoms with Crippen LogP contribution in [0.4, 0.5) is 0 Å². The van der Waals surface area contributed by atoms with Crippen molar-refractivity contribution in [3.63, 3.8) is 0 Å². The number of hydrogen-bond donors (Lipinski definition) is 0. The van der Waals surface area contributed by atoms with Crippen LogP contribution in [0.15, 0.2) is 37.4 Å². The molecular weight excluding hydrogens is 224 g/mol. The Kier molecular flexibility index (Phi) is 3.44. The molecule has 0 radical (unpaired) electrons. The number of aryl methyl sites for hydroxylation is 4. The average Bonchev–Trinajstić information content (AvgIpc) is 2.99. The Morgan fingerprint density at radius 1 is 0.667 bits per heavy atom. The van der Waals surface area contributed by atoms with Crippen molar-refractivity contribution >= 4 is 0 Å². The molecule has 1 aliphatic rings. The fraction of sp³-hybridized carbons (Fsp3) is 0.571. The van der Waals surface area contributed by atoms with Crippen LogP contribution in [-0.4, -0.2) is 9.13 Å². The highest BCUT2D eigenvalue weighted by Crippen LogP contribution is 1.99. The van der Waals surface area contributed by atoms with Crippen LogP contribution in [0.2, 0.25) is 0 Å². The number of nitrogens with zero attached hydrogens (tertiary/aromatic N) is 4. The molecule has 0 saturated heterocycles. The fourth-order valence-corrected chi connectivity index (χ4v) is 2.58. The summed E-state index contributed by atoms with van der Waals surface area (Å²) < 4.78 is 9.23. The maximum Gasteiger partial charge on any atom is 0.243 e. The molecule has 0 fully saturated rings. The van der Waals surface area contributed by atoms with Crippen molar-refractivity contribution in [1.29, 1.82) is 0 Å². The third-order valence-electron chi connectivity index (χ3n) is 3.66. The molecular formula is C14H22N4+2. The first-order chi connectivity index (χ1) is 8.90. The second-order valence-corrected chi connectivity index (χ2v) is 5.19. The summed E-state index contributed by atoms with van der Waals surface area (Å²) in [4.78, 5) is 0. The molecule has 3 rings (SSSR count). The largest absolute Gasteiger partial charge is 0.243 e. The van der Waals surface area contributed by atoms with Crippen LogP contribution in [0.5, 0.6) is 0 Å². The molecule has 0 aliphatic carbocycles. The molecule has 3 heterocycles. The molecule has 0 amide bonds. The van der Waals surface area contributed by atoms with Gasteiger partial charge in [-0.1, -0.05) is 0 Å². The topological polar surface area (TPSA) is 17.6 Å². The van der Waals surface area contributed by atoms with Crippen LogP contribution in [0.25, 0.3) is 0 Å². The van der Waals surface area contributed by atoms with Crippen molar-refractivity contribution in [2.45, 2.75) is 51.9 Å².